The molecule has 10 nitrogen and oxygen atoms in total. The topological polar surface area (TPSA) is 136 Å². The molecular formula is C24H29N5O5. The van der Waals surface area contributed by atoms with E-state index in [0.717, 1.165) is 16.8 Å². The molecule has 0 spiro atoms. The van der Waals surface area contributed by atoms with Crippen molar-refractivity contribution in [3.8, 4) is 23.4 Å². The van der Waals surface area contributed by atoms with Gasteiger partial charge in [-0.15, -0.1) is 5.10 Å². The van der Waals surface area contributed by atoms with Crippen LogP contribution in [0, 0.1) is 11.3 Å². The molecule has 4 rings (SSSR count). The van der Waals surface area contributed by atoms with E-state index in [0.29, 0.717) is 50.3 Å². The summed E-state index contributed by atoms with van der Waals surface area (Å²) in [6.45, 7) is 10.2. The Bertz CT molecular complexity index is 1150. The number of benzene rings is 1. The highest BCUT2D eigenvalue weighted by Crippen LogP contribution is 2.47. The van der Waals surface area contributed by atoms with E-state index < -0.39 is 12.0 Å². The number of amides is 1. The number of morpholine rings is 1. The molecule has 34 heavy (non-hydrogen) atoms. The third kappa shape index (κ3) is 4.39. The molecule has 2 aliphatic rings. The van der Waals surface area contributed by atoms with Gasteiger partial charge in [0.25, 0.3) is 0 Å². The first kappa shape index (κ1) is 23.4. The predicted octanol–water partition coefficient (Wildman–Crippen LogP) is 3.16. The van der Waals surface area contributed by atoms with E-state index in [2.05, 4.69) is 16.3 Å². The number of carbonyl (C=O) groups excluding carboxylic acids is 1. The Morgan fingerprint density at radius 3 is 2.71 bits per heavy atom. The highest BCUT2D eigenvalue weighted by Gasteiger charge is 2.38. The second kappa shape index (κ2) is 9.27. The monoisotopic (exact) mass is 467 g/mol. The molecule has 0 saturated carbocycles. The lowest BCUT2D eigenvalue weighted by Gasteiger charge is -2.28. The molecule has 1 atom stereocenters. The molecule has 0 unspecified atom stereocenters. The second-order valence-corrected chi connectivity index (χ2v) is 9.10. The number of hydrogen-bond acceptors (Lipinski definition) is 8. The Morgan fingerprint density at radius 1 is 1.32 bits per heavy atom. The van der Waals surface area contributed by atoms with Gasteiger partial charge in [-0.25, -0.2) is 4.79 Å². The van der Waals surface area contributed by atoms with E-state index in [1.807, 2.05) is 27.7 Å². The molecule has 2 aliphatic heterocycles. The summed E-state index contributed by atoms with van der Waals surface area (Å²) in [5.41, 5.74) is 8.41. The molecule has 0 bridgehead atoms. The molecule has 1 fully saturated rings. The smallest absolute Gasteiger partial charge is 0.415 e. The SMILES string of the molecule is CCOc1cc([C@H]2C(C#N)=C(N)Oc3n[nH]c(C(C)(C)C)c32)ccc1OC(=O)N1CCOCC1. The van der Waals surface area contributed by atoms with Gasteiger partial charge in [0.05, 0.1) is 31.3 Å². The first-order valence-electron chi connectivity index (χ1n) is 11.2. The maximum absolute atomic E-state index is 12.6. The number of aromatic nitrogens is 2. The largest absolute Gasteiger partial charge is 0.490 e. The first-order valence-corrected chi connectivity index (χ1v) is 11.2. The summed E-state index contributed by atoms with van der Waals surface area (Å²) < 4.78 is 22.4. The Kier molecular flexibility index (Phi) is 6.39. The zero-order valence-electron chi connectivity index (χ0n) is 19.8. The molecular weight excluding hydrogens is 438 g/mol. The Morgan fingerprint density at radius 2 is 2.06 bits per heavy atom. The molecule has 180 valence electrons. The van der Waals surface area contributed by atoms with Gasteiger partial charge in [0.1, 0.15) is 11.6 Å². The fraction of sp³-hybridized carbons (Fsp3) is 0.458. The summed E-state index contributed by atoms with van der Waals surface area (Å²) in [4.78, 5) is 14.2. The Labute approximate surface area is 198 Å². The lowest BCUT2D eigenvalue weighted by Crippen LogP contribution is -2.42. The van der Waals surface area contributed by atoms with Gasteiger partial charge in [0.2, 0.25) is 11.8 Å². The van der Waals surface area contributed by atoms with Gasteiger partial charge in [-0.2, -0.15) is 5.26 Å². The fourth-order valence-corrected chi connectivity index (χ4v) is 4.11. The molecule has 0 radical (unpaired) electrons. The van der Waals surface area contributed by atoms with Crippen LogP contribution in [0.25, 0.3) is 0 Å². The van der Waals surface area contributed by atoms with Crippen LogP contribution in [0.5, 0.6) is 17.4 Å². The maximum atomic E-state index is 12.6. The Hall–Kier alpha value is -3.71. The number of allylic oxidation sites excluding steroid dienone is 1. The summed E-state index contributed by atoms with van der Waals surface area (Å²) in [5, 5.41) is 17.3. The second-order valence-electron chi connectivity index (χ2n) is 9.10. The average molecular weight is 468 g/mol. The summed E-state index contributed by atoms with van der Waals surface area (Å²) >= 11 is 0. The van der Waals surface area contributed by atoms with Gasteiger partial charge in [-0.3, -0.25) is 5.10 Å². The molecule has 0 aliphatic carbocycles. The molecule has 10 heteroatoms. The standard InChI is InChI=1S/C24H29N5O5/c1-5-32-17-12-14(6-7-16(17)33-23(30)29-8-10-31-11-9-29)18-15(13-25)21(26)34-22-19(18)20(27-28-22)24(2,3)4/h6-7,12,18H,5,8-11,26H2,1-4H3,(H,27,28)/t18-/m0/s1. The number of nitrogens with zero attached hydrogens (tertiary/aromatic N) is 3. The number of hydrogen-bond donors (Lipinski definition) is 2. The minimum atomic E-state index is -0.523. The number of rotatable bonds is 4. The number of nitriles is 1. The van der Waals surface area contributed by atoms with Gasteiger partial charge in [-0.05, 0) is 24.6 Å². The molecule has 2 aromatic rings. The van der Waals surface area contributed by atoms with Crippen LogP contribution in [0.2, 0.25) is 0 Å². The molecule has 3 heterocycles. The van der Waals surface area contributed by atoms with E-state index in [9.17, 15) is 10.1 Å². The average Bonchev–Trinajstić information content (AvgIpc) is 3.24. The third-order valence-corrected chi connectivity index (χ3v) is 5.76. The van der Waals surface area contributed by atoms with Crippen LogP contribution in [-0.4, -0.2) is 54.1 Å². The van der Waals surface area contributed by atoms with E-state index in [1.165, 1.54) is 0 Å². The normalized spacial score (nSPS) is 18.1. The Balaban J connectivity index is 1.75. The van der Waals surface area contributed by atoms with Crippen molar-refractivity contribution in [2.45, 2.75) is 39.0 Å². The van der Waals surface area contributed by atoms with Crippen molar-refractivity contribution in [1.82, 2.24) is 15.1 Å². The van der Waals surface area contributed by atoms with Crippen molar-refractivity contribution >= 4 is 6.09 Å². The van der Waals surface area contributed by atoms with Crippen molar-refractivity contribution < 1.29 is 23.7 Å². The van der Waals surface area contributed by atoms with Crippen molar-refractivity contribution in [3.05, 3.63) is 46.5 Å². The summed E-state index contributed by atoms with van der Waals surface area (Å²) in [7, 11) is 0. The van der Waals surface area contributed by atoms with E-state index in [1.54, 1.807) is 23.1 Å². The highest BCUT2D eigenvalue weighted by atomic mass is 16.6. The van der Waals surface area contributed by atoms with Crippen LogP contribution in [0.4, 0.5) is 4.79 Å². The summed E-state index contributed by atoms with van der Waals surface area (Å²) in [6, 6.07) is 7.45. The molecule has 3 N–H and O–H groups in total. The van der Waals surface area contributed by atoms with Gasteiger partial charge >= 0.3 is 6.09 Å². The number of carbonyl (C=O) groups is 1. The molecule has 1 aromatic carbocycles. The van der Waals surface area contributed by atoms with Gasteiger partial charge in [0, 0.05) is 24.2 Å². The minimum absolute atomic E-state index is 0.00717. The van der Waals surface area contributed by atoms with Crippen LogP contribution >= 0.6 is 0 Å². The lowest BCUT2D eigenvalue weighted by atomic mass is 9.79. The maximum Gasteiger partial charge on any atom is 0.415 e. The number of nitrogens with two attached hydrogens (primary N) is 1. The molecule has 1 aromatic heterocycles. The van der Waals surface area contributed by atoms with E-state index in [4.69, 9.17) is 24.7 Å². The summed E-state index contributed by atoms with van der Waals surface area (Å²) in [6.07, 6.45) is -0.461. The number of ether oxygens (including phenoxy) is 4. The van der Waals surface area contributed by atoms with Crippen LogP contribution < -0.4 is 19.9 Å². The van der Waals surface area contributed by atoms with E-state index >= 15 is 0 Å². The van der Waals surface area contributed by atoms with Crippen molar-refractivity contribution in [1.29, 1.82) is 5.26 Å². The van der Waals surface area contributed by atoms with Crippen LogP contribution in [-0.2, 0) is 10.2 Å². The molecule has 1 saturated heterocycles. The summed E-state index contributed by atoms with van der Waals surface area (Å²) in [5.74, 6) is 0.518. The minimum Gasteiger partial charge on any atom is -0.490 e. The number of aromatic amines is 1. The van der Waals surface area contributed by atoms with Gasteiger partial charge in [0.15, 0.2) is 11.5 Å². The van der Waals surface area contributed by atoms with Crippen molar-refractivity contribution in [2.24, 2.45) is 5.73 Å². The van der Waals surface area contributed by atoms with Crippen LogP contribution in [0.3, 0.4) is 0 Å². The number of fused-ring (bicyclic) bond motifs is 1. The molecule has 1 amide bonds. The quantitative estimate of drug-likeness (QED) is 0.700. The van der Waals surface area contributed by atoms with Crippen LogP contribution in [0.15, 0.2) is 29.7 Å². The highest BCUT2D eigenvalue weighted by molar-refractivity contribution is 5.72. The number of nitrogens with one attached hydrogen (secondary N) is 1. The zero-order chi connectivity index (χ0) is 24.5. The van der Waals surface area contributed by atoms with Crippen molar-refractivity contribution in [3.63, 3.8) is 0 Å². The predicted molar refractivity (Wildman–Crippen MR) is 123 cm³/mol. The lowest BCUT2D eigenvalue weighted by molar-refractivity contribution is 0.0413. The van der Waals surface area contributed by atoms with Gasteiger partial charge < -0.3 is 29.6 Å². The first-order chi connectivity index (χ1) is 16.2. The zero-order valence-corrected chi connectivity index (χ0v) is 19.8. The van der Waals surface area contributed by atoms with E-state index in [-0.39, 0.29) is 16.9 Å². The van der Waals surface area contributed by atoms with Crippen LogP contribution in [0.1, 0.15) is 50.4 Å². The number of H-pyrrole nitrogens is 1. The van der Waals surface area contributed by atoms with Gasteiger partial charge in [-0.1, -0.05) is 26.8 Å². The fourth-order valence-electron chi connectivity index (χ4n) is 4.11. The van der Waals surface area contributed by atoms with Crippen molar-refractivity contribution in [2.75, 3.05) is 32.9 Å². The third-order valence-electron chi connectivity index (χ3n) is 5.76.